The Kier molecular flexibility index (Phi) is 4.19. The smallest absolute Gasteiger partial charge is 0.341 e. The molecule has 0 spiro atoms. The maximum atomic E-state index is 11.9. The summed E-state index contributed by atoms with van der Waals surface area (Å²) in [6.45, 7) is 2.23. The molecule has 0 atom stereocenters. The lowest BCUT2D eigenvalue weighted by Gasteiger charge is -2.11. The van der Waals surface area contributed by atoms with E-state index in [9.17, 15) is 4.79 Å². The Morgan fingerprint density at radius 3 is 2.90 bits per heavy atom. The molecule has 2 aromatic rings. The topological polar surface area (TPSA) is 92.3 Å². The molecule has 2 N–H and O–H groups in total. The van der Waals surface area contributed by atoms with Crippen LogP contribution in [0.2, 0.25) is 0 Å². The van der Waals surface area contributed by atoms with E-state index in [-0.39, 0.29) is 13.2 Å². The van der Waals surface area contributed by atoms with E-state index in [1.165, 1.54) is 12.4 Å². The molecule has 0 aliphatic carbocycles. The maximum absolute atomic E-state index is 11.9. The van der Waals surface area contributed by atoms with E-state index in [0.717, 1.165) is 0 Å². The summed E-state index contributed by atoms with van der Waals surface area (Å²) in [4.78, 5) is 15.9. The van der Waals surface area contributed by atoms with Gasteiger partial charge >= 0.3 is 5.97 Å². The number of nitrogens with zero attached hydrogens (tertiary/aromatic N) is 3. The zero-order chi connectivity index (χ0) is 14.5. The van der Waals surface area contributed by atoms with Gasteiger partial charge in [0.2, 0.25) is 0 Å². The molecular weight excluding hydrogens is 260 g/mol. The molecule has 1 aromatic heterocycles. The van der Waals surface area contributed by atoms with E-state index >= 15 is 0 Å². The molecule has 0 fully saturated rings. The summed E-state index contributed by atoms with van der Waals surface area (Å²) in [6, 6.07) is 4.83. The molecule has 1 aromatic carbocycles. The fourth-order valence-corrected chi connectivity index (χ4v) is 1.63. The van der Waals surface area contributed by atoms with Gasteiger partial charge in [0.15, 0.2) is 5.82 Å². The summed E-state index contributed by atoms with van der Waals surface area (Å²) >= 11 is 0. The molecule has 106 valence electrons. The lowest BCUT2D eigenvalue weighted by atomic mass is 10.2. The first-order valence-corrected chi connectivity index (χ1v) is 6.14. The van der Waals surface area contributed by atoms with Gasteiger partial charge in [0.1, 0.15) is 24.2 Å². The second-order valence-corrected chi connectivity index (χ2v) is 4.06. The van der Waals surface area contributed by atoms with Gasteiger partial charge in [-0.3, -0.25) is 4.68 Å². The Labute approximate surface area is 116 Å². The van der Waals surface area contributed by atoms with E-state index in [2.05, 4.69) is 10.1 Å². The van der Waals surface area contributed by atoms with E-state index in [0.29, 0.717) is 22.8 Å². The highest BCUT2D eigenvalue weighted by atomic mass is 16.5. The molecule has 0 amide bonds. The summed E-state index contributed by atoms with van der Waals surface area (Å²) in [7, 11) is 1.76. The van der Waals surface area contributed by atoms with Crippen LogP contribution in [0.5, 0.6) is 5.75 Å². The SMILES string of the molecule is CCOC(=O)c1cc(N)ccc1OCc1ncnn1C. The summed E-state index contributed by atoms with van der Waals surface area (Å²) < 4.78 is 12.2. The van der Waals surface area contributed by atoms with Crippen molar-refractivity contribution in [2.75, 3.05) is 12.3 Å². The van der Waals surface area contributed by atoms with Crippen LogP contribution in [0, 0.1) is 0 Å². The quantitative estimate of drug-likeness (QED) is 0.650. The van der Waals surface area contributed by atoms with Gasteiger partial charge in [-0.1, -0.05) is 0 Å². The molecule has 0 unspecified atom stereocenters. The Hall–Kier alpha value is -2.57. The van der Waals surface area contributed by atoms with Gasteiger partial charge in [-0.05, 0) is 25.1 Å². The molecule has 7 nitrogen and oxygen atoms in total. The van der Waals surface area contributed by atoms with Gasteiger partial charge in [-0.2, -0.15) is 5.10 Å². The third kappa shape index (κ3) is 3.05. The number of rotatable bonds is 5. The summed E-state index contributed by atoms with van der Waals surface area (Å²) in [5.41, 5.74) is 6.46. The number of carbonyl (C=O) groups excluding carboxylic acids is 1. The molecule has 0 aliphatic heterocycles. The zero-order valence-electron chi connectivity index (χ0n) is 11.4. The number of nitrogen functional groups attached to an aromatic ring is 1. The third-order valence-electron chi connectivity index (χ3n) is 2.66. The number of aromatic nitrogens is 3. The van der Waals surface area contributed by atoms with Crippen LogP contribution in [0.15, 0.2) is 24.5 Å². The van der Waals surface area contributed by atoms with Crippen molar-refractivity contribution in [2.24, 2.45) is 7.05 Å². The Morgan fingerprint density at radius 1 is 1.45 bits per heavy atom. The second kappa shape index (κ2) is 6.05. The summed E-state index contributed by atoms with van der Waals surface area (Å²) in [5, 5.41) is 3.94. The van der Waals surface area contributed by atoms with Gasteiger partial charge in [0.25, 0.3) is 0 Å². The number of anilines is 1. The van der Waals surface area contributed by atoms with Gasteiger partial charge < -0.3 is 15.2 Å². The molecule has 0 bridgehead atoms. The number of hydrogen-bond acceptors (Lipinski definition) is 6. The Morgan fingerprint density at radius 2 is 2.25 bits per heavy atom. The normalized spacial score (nSPS) is 10.3. The number of carbonyl (C=O) groups is 1. The minimum atomic E-state index is -0.465. The molecule has 20 heavy (non-hydrogen) atoms. The first-order valence-electron chi connectivity index (χ1n) is 6.14. The van der Waals surface area contributed by atoms with E-state index in [1.54, 1.807) is 30.8 Å². The fraction of sp³-hybridized carbons (Fsp3) is 0.308. The van der Waals surface area contributed by atoms with Crippen molar-refractivity contribution < 1.29 is 14.3 Å². The monoisotopic (exact) mass is 276 g/mol. The molecule has 0 saturated heterocycles. The molecule has 0 radical (unpaired) electrons. The fourth-order valence-electron chi connectivity index (χ4n) is 1.63. The van der Waals surface area contributed by atoms with Gasteiger partial charge in [0.05, 0.1) is 6.61 Å². The van der Waals surface area contributed by atoms with Crippen LogP contribution in [0.25, 0.3) is 0 Å². The van der Waals surface area contributed by atoms with Crippen molar-refractivity contribution in [1.82, 2.24) is 14.8 Å². The summed E-state index contributed by atoms with van der Waals surface area (Å²) in [5.74, 6) is 0.588. The third-order valence-corrected chi connectivity index (χ3v) is 2.66. The largest absolute Gasteiger partial charge is 0.485 e. The number of hydrogen-bond donors (Lipinski definition) is 1. The zero-order valence-corrected chi connectivity index (χ0v) is 11.4. The highest BCUT2D eigenvalue weighted by Crippen LogP contribution is 2.23. The first kappa shape index (κ1) is 13.9. The van der Waals surface area contributed by atoms with Crippen LogP contribution in [-0.4, -0.2) is 27.3 Å². The number of ether oxygens (including phenoxy) is 2. The average molecular weight is 276 g/mol. The van der Waals surface area contributed by atoms with Crippen molar-refractivity contribution in [2.45, 2.75) is 13.5 Å². The van der Waals surface area contributed by atoms with Crippen LogP contribution in [0.3, 0.4) is 0 Å². The van der Waals surface area contributed by atoms with Crippen molar-refractivity contribution >= 4 is 11.7 Å². The minimum Gasteiger partial charge on any atom is -0.485 e. The van der Waals surface area contributed by atoms with Crippen LogP contribution in [-0.2, 0) is 18.4 Å². The van der Waals surface area contributed by atoms with Crippen LogP contribution in [0.1, 0.15) is 23.1 Å². The van der Waals surface area contributed by atoms with Crippen molar-refractivity contribution in [1.29, 1.82) is 0 Å². The molecule has 1 heterocycles. The van der Waals surface area contributed by atoms with Crippen LogP contribution in [0.4, 0.5) is 5.69 Å². The highest BCUT2D eigenvalue weighted by Gasteiger charge is 2.15. The molecule has 0 saturated carbocycles. The van der Waals surface area contributed by atoms with E-state index in [4.69, 9.17) is 15.2 Å². The minimum absolute atomic E-state index is 0.201. The molecule has 7 heteroatoms. The maximum Gasteiger partial charge on any atom is 0.341 e. The number of esters is 1. The van der Waals surface area contributed by atoms with Crippen molar-refractivity contribution in [3.8, 4) is 5.75 Å². The Bertz CT molecular complexity index is 609. The number of nitrogens with two attached hydrogens (primary N) is 1. The second-order valence-electron chi connectivity index (χ2n) is 4.06. The van der Waals surface area contributed by atoms with Crippen molar-refractivity contribution in [3.05, 3.63) is 35.9 Å². The highest BCUT2D eigenvalue weighted by molar-refractivity contribution is 5.93. The van der Waals surface area contributed by atoms with E-state index in [1.807, 2.05) is 0 Å². The van der Waals surface area contributed by atoms with Crippen LogP contribution >= 0.6 is 0 Å². The van der Waals surface area contributed by atoms with Crippen molar-refractivity contribution in [3.63, 3.8) is 0 Å². The molecule has 2 rings (SSSR count). The van der Waals surface area contributed by atoms with Gasteiger partial charge in [0, 0.05) is 12.7 Å². The molecular formula is C13H16N4O3. The lowest BCUT2D eigenvalue weighted by molar-refractivity contribution is 0.0521. The lowest BCUT2D eigenvalue weighted by Crippen LogP contribution is -2.10. The number of aryl methyl sites for hydroxylation is 1. The average Bonchev–Trinajstić information content (AvgIpc) is 2.83. The van der Waals surface area contributed by atoms with Crippen LogP contribution < -0.4 is 10.5 Å². The predicted molar refractivity (Wildman–Crippen MR) is 72.1 cm³/mol. The van der Waals surface area contributed by atoms with Gasteiger partial charge in [-0.15, -0.1) is 0 Å². The summed E-state index contributed by atoms with van der Waals surface area (Å²) in [6.07, 6.45) is 1.44. The predicted octanol–water partition coefficient (Wildman–Crippen LogP) is 1.15. The van der Waals surface area contributed by atoms with E-state index < -0.39 is 5.97 Å². The molecule has 0 aliphatic rings. The number of benzene rings is 1. The first-order chi connectivity index (χ1) is 9.61. The van der Waals surface area contributed by atoms with Gasteiger partial charge in [-0.25, -0.2) is 9.78 Å². The standard InChI is InChI=1S/C13H16N4O3/c1-3-19-13(18)10-6-9(14)4-5-11(10)20-7-12-15-8-16-17(12)2/h4-6,8H,3,7,14H2,1-2H3. The Balaban J connectivity index is 2.18.